The first-order valence-corrected chi connectivity index (χ1v) is 8.04. The Morgan fingerprint density at radius 2 is 2.05 bits per heavy atom. The Balaban J connectivity index is 1.98. The molecule has 5 nitrogen and oxygen atoms in total. The second-order valence-electron chi connectivity index (χ2n) is 5.98. The van der Waals surface area contributed by atoms with Gasteiger partial charge in [0.2, 0.25) is 0 Å². The van der Waals surface area contributed by atoms with E-state index in [2.05, 4.69) is 23.2 Å². The molecule has 1 N–H and O–H groups in total. The quantitative estimate of drug-likeness (QED) is 0.918. The fourth-order valence-corrected chi connectivity index (χ4v) is 3.55. The minimum atomic E-state index is 0.296. The topological polar surface area (TPSA) is 43.0 Å². The van der Waals surface area contributed by atoms with Gasteiger partial charge in [-0.2, -0.15) is 0 Å². The molecule has 2 aliphatic rings. The van der Waals surface area contributed by atoms with Gasteiger partial charge in [0.25, 0.3) is 0 Å². The molecule has 0 radical (unpaired) electrons. The van der Waals surface area contributed by atoms with Crippen LogP contribution < -0.4 is 14.8 Å². The van der Waals surface area contributed by atoms with Crippen LogP contribution in [0.2, 0.25) is 0 Å². The molecule has 2 aliphatic heterocycles. The molecule has 0 bridgehead atoms. The first kappa shape index (κ1) is 15.6. The van der Waals surface area contributed by atoms with E-state index in [0.717, 1.165) is 57.3 Å². The van der Waals surface area contributed by atoms with Crippen molar-refractivity contribution in [3.05, 3.63) is 22.8 Å². The van der Waals surface area contributed by atoms with Gasteiger partial charge in [0.05, 0.1) is 27.4 Å². The summed E-state index contributed by atoms with van der Waals surface area (Å²) < 4.78 is 16.9. The van der Waals surface area contributed by atoms with Crippen LogP contribution in [-0.4, -0.2) is 52.0 Å². The van der Waals surface area contributed by atoms with Crippen molar-refractivity contribution < 1.29 is 14.2 Å². The third-order valence-electron chi connectivity index (χ3n) is 4.64. The highest BCUT2D eigenvalue weighted by molar-refractivity contribution is 5.56. The van der Waals surface area contributed by atoms with E-state index in [1.165, 1.54) is 16.7 Å². The Bertz CT molecular complexity index is 527. The van der Waals surface area contributed by atoms with E-state index in [4.69, 9.17) is 14.2 Å². The number of nitrogens with one attached hydrogen (secondary N) is 1. The molecule has 0 amide bonds. The van der Waals surface area contributed by atoms with Crippen molar-refractivity contribution in [3.63, 3.8) is 0 Å². The van der Waals surface area contributed by atoms with Gasteiger partial charge >= 0.3 is 0 Å². The first-order valence-electron chi connectivity index (χ1n) is 8.04. The van der Waals surface area contributed by atoms with Gasteiger partial charge in [-0.15, -0.1) is 0 Å². The van der Waals surface area contributed by atoms with Crippen LogP contribution >= 0.6 is 0 Å². The maximum Gasteiger partial charge on any atom is 0.127 e. The number of rotatable bonds is 4. The lowest BCUT2D eigenvalue weighted by atomic mass is 9.90. The number of benzene rings is 1. The van der Waals surface area contributed by atoms with Gasteiger partial charge in [0, 0.05) is 42.4 Å². The highest BCUT2D eigenvalue weighted by Crippen LogP contribution is 2.40. The number of nitrogens with zero attached hydrogens (tertiary/aromatic N) is 1. The van der Waals surface area contributed by atoms with Crippen LogP contribution in [0.4, 0.5) is 0 Å². The molecule has 0 aliphatic carbocycles. The van der Waals surface area contributed by atoms with Crippen LogP contribution in [0, 0.1) is 0 Å². The summed E-state index contributed by atoms with van der Waals surface area (Å²) in [6.07, 6.45) is 0.982. The minimum absolute atomic E-state index is 0.296. The zero-order valence-corrected chi connectivity index (χ0v) is 13.8. The Labute approximate surface area is 132 Å². The standard InChI is InChI=1S/C17H26N2O3/c1-12-16-14(4-5-18-12)17(21-3)13(10-15(16)20-2)11-19-6-8-22-9-7-19/h10,12,18H,4-9,11H2,1-3H3. The molecule has 0 spiro atoms. The third kappa shape index (κ3) is 2.93. The summed E-state index contributed by atoms with van der Waals surface area (Å²) >= 11 is 0. The van der Waals surface area contributed by atoms with Gasteiger partial charge < -0.3 is 19.5 Å². The third-order valence-corrected chi connectivity index (χ3v) is 4.64. The highest BCUT2D eigenvalue weighted by atomic mass is 16.5. The van der Waals surface area contributed by atoms with E-state index in [-0.39, 0.29) is 0 Å². The monoisotopic (exact) mass is 306 g/mol. The van der Waals surface area contributed by atoms with Gasteiger partial charge in [0.15, 0.2) is 0 Å². The molecule has 1 aromatic carbocycles. The van der Waals surface area contributed by atoms with E-state index in [0.29, 0.717) is 6.04 Å². The Morgan fingerprint density at radius 1 is 1.27 bits per heavy atom. The first-order chi connectivity index (χ1) is 10.7. The summed E-state index contributed by atoms with van der Waals surface area (Å²) in [5.74, 6) is 2.01. The van der Waals surface area contributed by atoms with Gasteiger partial charge in [0.1, 0.15) is 11.5 Å². The molecule has 1 fully saturated rings. The lowest BCUT2D eigenvalue weighted by Crippen LogP contribution is -2.36. The summed E-state index contributed by atoms with van der Waals surface area (Å²) in [6.45, 7) is 7.62. The molecule has 0 aromatic heterocycles. The fraction of sp³-hybridized carbons (Fsp3) is 0.647. The van der Waals surface area contributed by atoms with Gasteiger partial charge in [-0.1, -0.05) is 0 Å². The van der Waals surface area contributed by atoms with Crippen LogP contribution in [0.15, 0.2) is 6.07 Å². The smallest absolute Gasteiger partial charge is 0.127 e. The average molecular weight is 306 g/mol. The number of hydrogen-bond acceptors (Lipinski definition) is 5. The van der Waals surface area contributed by atoms with E-state index >= 15 is 0 Å². The largest absolute Gasteiger partial charge is 0.496 e. The van der Waals surface area contributed by atoms with Crippen LogP contribution in [0.1, 0.15) is 29.7 Å². The van der Waals surface area contributed by atoms with Gasteiger partial charge in [-0.3, -0.25) is 4.90 Å². The molecule has 1 unspecified atom stereocenters. The van der Waals surface area contributed by atoms with Gasteiger partial charge in [-0.25, -0.2) is 0 Å². The minimum Gasteiger partial charge on any atom is -0.496 e. The maximum atomic E-state index is 5.79. The van der Waals surface area contributed by atoms with Crippen LogP contribution in [0.25, 0.3) is 0 Å². The second kappa shape index (κ2) is 6.86. The predicted molar refractivity (Wildman–Crippen MR) is 85.8 cm³/mol. The number of ether oxygens (including phenoxy) is 3. The van der Waals surface area contributed by atoms with Crippen molar-refractivity contribution in [3.8, 4) is 11.5 Å². The maximum absolute atomic E-state index is 5.79. The Morgan fingerprint density at radius 3 is 2.73 bits per heavy atom. The van der Waals surface area contributed by atoms with Crippen molar-refractivity contribution in [1.82, 2.24) is 10.2 Å². The zero-order chi connectivity index (χ0) is 15.5. The normalized spacial score (nSPS) is 22.2. The lowest BCUT2D eigenvalue weighted by Gasteiger charge is -2.31. The Hall–Kier alpha value is -1.30. The Kier molecular flexibility index (Phi) is 4.86. The van der Waals surface area contributed by atoms with E-state index in [1.807, 2.05) is 0 Å². The summed E-state index contributed by atoms with van der Waals surface area (Å²) in [7, 11) is 3.53. The SMILES string of the molecule is COc1cc(CN2CCOCC2)c(OC)c2c1C(C)NCC2. The number of methoxy groups -OCH3 is 2. The van der Waals surface area contributed by atoms with Crippen LogP contribution in [0.5, 0.6) is 11.5 Å². The van der Waals surface area contributed by atoms with Crippen molar-refractivity contribution >= 4 is 0 Å². The molecule has 122 valence electrons. The number of hydrogen-bond donors (Lipinski definition) is 1. The molecule has 3 rings (SSSR count). The van der Waals surface area contributed by atoms with E-state index in [1.54, 1.807) is 14.2 Å². The summed E-state index contributed by atoms with van der Waals surface area (Å²) in [4.78, 5) is 2.41. The number of fused-ring (bicyclic) bond motifs is 1. The lowest BCUT2D eigenvalue weighted by molar-refractivity contribution is 0.0338. The summed E-state index contributed by atoms with van der Waals surface area (Å²) in [5.41, 5.74) is 3.77. The number of morpholine rings is 1. The molecule has 1 atom stereocenters. The molecular weight excluding hydrogens is 280 g/mol. The zero-order valence-electron chi connectivity index (χ0n) is 13.8. The molecule has 1 aromatic rings. The van der Waals surface area contributed by atoms with Crippen LogP contribution in [-0.2, 0) is 17.7 Å². The van der Waals surface area contributed by atoms with E-state index < -0.39 is 0 Å². The van der Waals surface area contributed by atoms with Crippen LogP contribution in [0.3, 0.4) is 0 Å². The summed E-state index contributed by atoms with van der Waals surface area (Å²) in [6, 6.07) is 2.45. The fourth-order valence-electron chi connectivity index (χ4n) is 3.55. The molecule has 1 saturated heterocycles. The van der Waals surface area contributed by atoms with Crippen molar-refractivity contribution in [1.29, 1.82) is 0 Å². The second-order valence-corrected chi connectivity index (χ2v) is 5.98. The van der Waals surface area contributed by atoms with Crippen molar-refractivity contribution in [2.24, 2.45) is 0 Å². The molecule has 2 heterocycles. The molecular formula is C17H26N2O3. The van der Waals surface area contributed by atoms with Crippen molar-refractivity contribution in [2.75, 3.05) is 47.1 Å². The predicted octanol–water partition coefficient (Wildman–Crippen LogP) is 1.74. The van der Waals surface area contributed by atoms with Crippen molar-refractivity contribution in [2.45, 2.75) is 25.9 Å². The van der Waals surface area contributed by atoms with E-state index in [9.17, 15) is 0 Å². The molecule has 22 heavy (non-hydrogen) atoms. The molecule has 0 saturated carbocycles. The molecule has 5 heteroatoms. The summed E-state index contributed by atoms with van der Waals surface area (Å²) in [5, 5.41) is 3.50. The highest BCUT2D eigenvalue weighted by Gasteiger charge is 2.26. The average Bonchev–Trinajstić information content (AvgIpc) is 2.55. The van der Waals surface area contributed by atoms with Gasteiger partial charge in [-0.05, 0) is 26.0 Å².